The van der Waals surface area contributed by atoms with Gasteiger partial charge < -0.3 is 9.32 Å². The van der Waals surface area contributed by atoms with Crippen molar-refractivity contribution in [2.24, 2.45) is 0 Å². The van der Waals surface area contributed by atoms with Crippen molar-refractivity contribution >= 4 is 15.7 Å². The van der Waals surface area contributed by atoms with Crippen LogP contribution in [-0.4, -0.2) is 48.3 Å². The second-order valence-corrected chi connectivity index (χ2v) is 7.25. The summed E-state index contributed by atoms with van der Waals surface area (Å²) in [7, 11) is -3.02. The van der Waals surface area contributed by atoms with Gasteiger partial charge in [-0.25, -0.2) is 13.4 Å². The SMILES string of the molecule is CCc1nc(C)c(C(=O)N(CC)C2CCS(=O)(=O)C2)o1. The molecule has 0 radical (unpaired) electrons. The van der Waals surface area contributed by atoms with E-state index < -0.39 is 9.84 Å². The van der Waals surface area contributed by atoms with Crippen molar-refractivity contribution in [3.8, 4) is 0 Å². The predicted molar refractivity (Wildman–Crippen MR) is 74.4 cm³/mol. The molecule has 1 aromatic heterocycles. The summed E-state index contributed by atoms with van der Waals surface area (Å²) < 4.78 is 28.6. The van der Waals surface area contributed by atoms with Gasteiger partial charge in [0.15, 0.2) is 15.7 Å². The van der Waals surface area contributed by atoms with Gasteiger partial charge in [-0.05, 0) is 20.3 Å². The highest BCUT2D eigenvalue weighted by Gasteiger charge is 2.35. The molecule has 0 aromatic carbocycles. The van der Waals surface area contributed by atoms with E-state index in [-0.39, 0.29) is 29.2 Å². The van der Waals surface area contributed by atoms with Crippen LogP contribution in [0, 0.1) is 6.92 Å². The molecule has 1 atom stereocenters. The molecule has 6 nitrogen and oxygen atoms in total. The van der Waals surface area contributed by atoms with Gasteiger partial charge in [0, 0.05) is 19.0 Å². The van der Waals surface area contributed by atoms with Crippen LogP contribution in [0.1, 0.15) is 42.4 Å². The van der Waals surface area contributed by atoms with Gasteiger partial charge in [-0.1, -0.05) is 6.92 Å². The van der Waals surface area contributed by atoms with Gasteiger partial charge in [-0.15, -0.1) is 0 Å². The summed E-state index contributed by atoms with van der Waals surface area (Å²) in [6, 6.07) is -0.257. The number of rotatable bonds is 4. The van der Waals surface area contributed by atoms with Crippen molar-refractivity contribution in [1.29, 1.82) is 0 Å². The molecule has 0 aliphatic carbocycles. The number of carbonyl (C=O) groups is 1. The molecule has 1 fully saturated rings. The Bertz CT molecular complexity index is 606. The van der Waals surface area contributed by atoms with Crippen molar-refractivity contribution < 1.29 is 17.6 Å². The maximum Gasteiger partial charge on any atom is 0.291 e. The summed E-state index contributed by atoms with van der Waals surface area (Å²) >= 11 is 0. The van der Waals surface area contributed by atoms with Gasteiger partial charge in [0.2, 0.25) is 5.76 Å². The minimum absolute atomic E-state index is 0.0421. The predicted octanol–water partition coefficient (Wildman–Crippen LogP) is 1.19. The molecule has 1 aliphatic rings. The van der Waals surface area contributed by atoms with E-state index in [2.05, 4.69) is 4.98 Å². The number of hydrogen-bond donors (Lipinski definition) is 0. The Kier molecular flexibility index (Phi) is 4.17. The third-order valence-corrected chi connectivity index (χ3v) is 5.34. The highest BCUT2D eigenvalue weighted by atomic mass is 32.2. The molecular weight excluding hydrogens is 280 g/mol. The molecular formula is C13H20N2O4S. The van der Waals surface area contributed by atoms with Gasteiger partial charge in [-0.2, -0.15) is 0 Å². The average Bonchev–Trinajstić information content (AvgIpc) is 2.93. The van der Waals surface area contributed by atoms with E-state index in [1.807, 2.05) is 13.8 Å². The van der Waals surface area contributed by atoms with Gasteiger partial charge in [0.05, 0.1) is 17.2 Å². The lowest BCUT2D eigenvalue weighted by molar-refractivity contribution is 0.0673. The lowest BCUT2D eigenvalue weighted by Gasteiger charge is -2.25. The molecule has 7 heteroatoms. The first-order valence-electron chi connectivity index (χ1n) is 6.85. The maximum absolute atomic E-state index is 12.5. The Morgan fingerprint density at radius 3 is 2.60 bits per heavy atom. The number of oxazole rings is 1. The Balaban J connectivity index is 2.23. The van der Waals surface area contributed by atoms with Crippen molar-refractivity contribution in [3.05, 3.63) is 17.3 Å². The molecule has 1 aromatic rings. The molecule has 0 saturated carbocycles. The molecule has 1 saturated heterocycles. The van der Waals surface area contributed by atoms with Crippen LogP contribution in [0.5, 0.6) is 0 Å². The molecule has 2 rings (SSSR count). The van der Waals surface area contributed by atoms with Crippen LogP contribution in [0.3, 0.4) is 0 Å². The first kappa shape index (κ1) is 15.0. The van der Waals surface area contributed by atoms with Gasteiger partial charge in [0.25, 0.3) is 5.91 Å². The summed E-state index contributed by atoms with van der Waals surface area (Å²) in [6.45, 7) is 5.94. The largest absolute Gasteiger partial charge is 0.435 e. The molecule has 1 amide bonds. The van der Waals surface area contributed by atoms with E-state index in [1.54, 1.807) is 11.8 Å². The second-order valence-electron chi connectivity index (χ2n) is 5.02. The molecule has 0 bridgehead atoms. The van der Waals surface area contributed by atoms with Crippen LogP contribution in [-0.2, 0) is 16.3 Å². The van der Waals surface area contributed by atoms with Crippen LogP contribution in [0.15, 0.2) is 4.42 Å². The molecule has 1 aliphatic heterocycles. The number of aryl methyl sites for hydroxylation is 2. The molecule has 20 heavy (non-hydrogen) atoms. The first-order chi connectivity index (χ1) is 9.38. The van der Waals surface area contributed by atoms with Crippen molar-refractivity contribution in [3.63, 3.8) is 0 Å². The average molecular weight is 300 g/mol. The van der Waals surface area contributed by atoms with Crippen LogP contribution in [0.2, 0.25) is 0 Å². The zero-order valence-corrected chi connectivity index (χ0v) is 12.9. The summed E-state index contributed by atoms with van der Waals surface area (Å²) in [5.41, 5.74) is 0.561. The monoisotopic (exact) mass is 300 g/mol. The smallest absolute Gasteiger partial charge is 0.291 e. The Labute approximate surface area is 119 Å². The van der Waals surface area contributed by atoms with Crippen LogP contribution < -0.4 is 0 Å². The molecule has 112 valence electrons. The molecule has 1 unspecified atom stereocenters. The highest BCUT2D eigenvalue weighted by molar-refractivity contribution is 7.91. The maximum atomic E-state index is 12.5. The summed E-state index contributed by atoms with van der Waals surface area (Å²) in [4.78, 5) is 18.3. The highest BCUT2D eigenvalue weighted by Crippen LogP contribution is 2.21. The van der Waals surface area contributed by atoms with Gasteiger partial charge in [0.1, 0.15) is 0 Å². The van der Waals surface area contributed by atoms with E-state index in [4.69, 9.17) is 4.42 Å². The van der Waals surface area contributed by atoms with E-state index >= 15 is 0 Å². The second kappa shape index (κ2) is 5.55. The minimum Gasteiger partial charge on any atom is -0.435 e. The fraction of sp³-hybridized carbons (Fsp3) is 0.692. The summed E-state index contributed by atoms with van der Waals surface area (Å²) in [5, 5.41) is 0. The summed E-state index contributed by atoms with van der Waals surface area (Å²) in [6.07, 6.45) is 1.12. The standard InChI is InChI=1S/C13H20N2O4S/c1-4-11-14-9(3)12(19-11)13(16)15(5-2)10-6-7-20(17,18)8-10/h10H,4-8H2,1-3H3. The number of carbonyl (C=O) groups excluding carboxylic acids is 1. The third kappa shape index (κ3) is 2.87. The first-order valence-corrected chi connectivity index (χ1v) is 8.67. The number of amides is 1. The number of hydrogen-bond acceptors (Lipinski definition) is 5. The van der Waals surface area contributed by atoms with E-state index in [1.165, 1.54) is 0 Å². The quantitative estimate of drug-likeness (QED) is 0.834. The summed E-state index contributed by atoms with van der Waals surface area (Å²) in [5.74, 6) is 0.686. The number of aromatic nitrogens is 1. The van der Waals surface area contributed by atoms with Crippen LogP contribution in [0.25, 0.3) is 0 Å². The van der Waals surface area contributed by atoms with E-state index in [0.717, 1.165) is 0 Å². The van der Waals surface area contributed by atoms with Gasteiger partial charge >= 0.3 is 0 Å². The molecule has 2 heterocycles. The minimum atomic E-state index is -3.02. The van der Waals surface area contributed by atoms with Crippen LogP contribution >= 0.6 is 0 Å². The third-order valence-electron chi connectivity index (χ3n) is 3.59. The number of sulfone groups is 1. The van der Waals surface area contributed by atoms with E-state index in [0.29, 0.717) is 31.0 Å². The van der Waals surface area contributed by atoms with Crippen LogP contribution in [0.4, 0.5) is 0 Å². The normalized spacial score (nSPS) is 21.1. The lowest BCUT2D eigenvalue weighted by Crippen LogP contribution is -2.41. The Hall–Kier alpha value is -1.37. The Morgan fingerprint density at radius 1 is 1.45 bits per heavy atom. The number of nitrogens with zero attached hydrogens (tertiary/aromatic N) is 2. The topological polar surface area (TPSA) is 80.5 Å². The fourth-order valence-electron chi connectivity index (χ4n) is 2.52. The van der Waals surface area contributed by atoms with Crippen molar-refractivity contribution in [2.75, 3.05) is 18.1 Å². The fourth-order valence-corrected chi connectivity index (χ4v) is 4.25. The van der Waals surface area contributed by atoms with Crippen molar-refractivity contribution in [2.45, 2.75) is 39.7 Å². The van der Waals surface area contributed by atoms with Gasteiger partial charge in [-0.3, -0.25) is 4.79 Å². The van der Waals surface area contributed by atoms with E-state index in [9.17, 15) is 13.2 Å². The zero-order chi connectivity index (χ0) is 14.9. The zero-order valence-electron chi connectivity index (χ0n) is 12.0. The lowest BCUT2D eigenvalue weighted by atomic mass is 10.2. The molecule has 0 spiro atoms. The molecule has 0 N–H and O–H groups in total. The Morgan fingerprint density at radius 2 is 2.15 bits per heavy atom. The van der Waals surface area contributed by atoms with Crippen molar-refractivity contribution in [1.82, 2.24) is 9.88 Å².